The number of carbonyl (C=O) groups is 4. The number of halogens is 4. The highest BCUT2D eigenvalue weighted by molar-refractivity contribution is 7.55. The molecule has 0 saturated carbocycles. The Morgan fingerprint density at radius 1 is 0.787 bits per heavy atom. The number of nitrogens with one attached hydrogen (secondary N) is 2. The van der Waals surface area contributed by atoms with Gasteiger partial charge in [0, 0.05) is 44.5 Å². The molecule has 1 atom stereocenters. The van der Waals surface area contributed by atoms with Crippen molar-refractivity contribution in [2.45, 2.75) is 5.78 Å². The molecule has 1 unspecified atom stereocenters. The van der Waals surface area contributed by atoms with Crippen molar-refractivity contribution in [2.24, 2.45) is 0 Å². The van der Waals surface area contributed by atoms with Crippen LogP contribution < -0.4 is 10.6 Å². The van der Waals surface area contributed by atoms with Crippen molar-refractivity contribution in [3.63, 3.8) is 0 Å². The van der Waals surface area contributed by atoms with Crippen molar-refractivity contribution >= 4 is 37.7 Å². The molecule has 0 radical (unpaired) electrons. The van der Waals surface area contributed by atoms with Crippen molar-refractivity contribution in [1.29, 1.82) is 0 Å². The van der Waals surface area contributed by atoms with Gasteiger partial charge in [-0.2, -0.15) is 0 Å². The van der Waals surface area contributed by atoms with Crippen LogP contribution in [0.15, 0.2) is 72.4 Å². The normalized spacial score (nSPS) is 11.5. The molecule has 0 aliphatic carbocycles. The van der Waals surface area contributed by atoms with E-state index < -0.39 is 48.6 Å². The standard InChI is InChI=1S/C13H18NO6P.C11H11F2NO2.C7H4F2O/c1-18-13(16)12(21(17,19-2)20-3)14-9-11(15)10-7-5-4-6-8-10;1-14-10(11(15)16-2)5-7-3-8(12)6-9(13)4-7;8-6-1-5(4-10)2-7(9)3-6/h4-8,12,14H,9H2,1-3H3;3-6,14H,1-2H3;1-4H/b;10-5-;. The van der Waals surface area contributed by atoms with Gasteiger partial charge in [0.1, 0.15) is 35.3 Å². The summed E-state index contributed by atoms with van der Waals surface area (Å²) in [6, 6.07) is 14.2. The lowest BCUT2D eigenvalue weighted by Gasteiger charge is -2.22. The van der Waals surface area contributed by atoms with E-state index in [2.05, 4.69) is 20.1 Å². The molecule has 0 fully saturated rings. The van der Waals surface area contributed by atoms with Crippen molar-refractivity contribution in [2.75, 3.05) is 42.0 Å². The first kappa shape index (κ1) is 40.3. The van der Waals surface area contributed by atoms with Crippen LogP contribution in [0, 0.1) is 23.3 Å². The van der Waals surface area contributed by atoms with Crippen LogP contribution in [-0.2, 0) is 32.7 Å². The Labute approximate surface area is 268 Å². The Bertz CT molecular complexity index is 1540. The summed E-state index contributed by atoms with van der Waals surface area (Å²) < 4.78 is 81.0. The first-order valence-electron chi connectivity index (χ1n) is 13.2. The fraction of sp³-hybridized carbons (Fsp3) is 0.226. The number of methoxy groups -OCH3 is 2. The van der Waals surface area contributed by atoms with Crippen LogP contribution in [0.4, 0.5) is 17.6 Å². The Balaban J connectivity index is 0.000000375. The van der Waals surface area contributed by atoms with E-state index in [1.54, 1.807) is 30.3 Å². The number of Topliss-reactive ketones (excluding diaryl/α,β-unsaturated/α-hetero) is 1. The fourth-order valence-electron chi connectivity index (χ4n) is 3.45. The van der Waals surface area contributed by atoms with E-state index in [-0.39, 0.29) is 29.2 Å². The molecule has 2 N–H and O–H groups in total. The number of ketones is 1. The lowest BCUT2D eigenvalue weighted by atomic mass is 10.1. The van der Waals surface area contributed by atoms with Gasteiger partial charge in [-0.3, -0.25) is 19.5 Å². The zero-order chi connectivity index (χ0) is 35.6. The molecule has 47 heavy (non-hydrogen) atoms. The maximum absolute atomic E-state index is 12.9. The molecule has 0 bridgehead atoms. The predicted molar refractivity (Wildman–Crippen MR) is 163 cm³/mol. The number of hydrogen-bond donors (Lipinski definition) is 2. The molecule has 254 valence electrons. The molecule has 0 amide bonds. The number of rotatable bonds is 12. The molecule has 0 heterocycles. The maximum atomic E-state index is 12.9. The summed E-state index contributed by atoms with van der Waals surface area (Å²) in [4.78, 5) is 44.8. The van der Waals surface area contributed by atoms with Crippen LogP contribution in [0.3, 0.4) is 0 Å². The van der Waals surface area contributed by atoms with E-state index in [9.17, 15) is 41.3 Å². The SMILES string of the molecule is CN/C(=C\c1cc(F)cc(F)c1)C(=O)OC.COC(=O)C(NCC(=O)c1ccccc1)P(=O)(OC)OC.O=Cc1cc(F)cc(F)c1. The van der Waals surface area contributed by atoms with E-state index in [1.807, 2.05) is 0 Å². The summed E-state index contributed by atoms with van der Waals surface area (Å²) >= 11 is 0. The van der Waals surface area contributed by atoms with Crippen LogP contribution in [0.1, 0.15) is 26.3 Å². The zero-order valence-electron chi connectivity index (χ0n) is 25.9. The Hall–Kier alpha value is -4.69. The van der Waals surface area contributed by atoms with Gasteiger partial charge in [-0.1, -0.05) is 30.3 Å². The minimum atomic E-state index is -3.75. The van der Waals surface area contributed by atoms with Crippen LogP contribution in [0.2, 0.25) is 0 Å². The molecule has 0 saturated heterocycles. The number of likely N-dealkylation sites (N-methyl/N-ethyl adjacent to an activating group) is 1. The Kier molecular flexibility index (Phi) is 17.5. The van der Waals surface area contributed by atoms with Gasteiger partial charge in [0.25, 0.3) is 0 Å². The van der Waals surface area contributed by atoms with Gasteiger partial charge in [-0.15, -0.1) is 0 Å². The van der Waals surface area contributed by atoms with E-state index in [0.717, 1.165) is 51.7 Å². The number of hydrogen-bond acceptors (Lipinski definition) is 11. The predicted octanol–water partition coefficient (Wildman–Crippen LogP) is 4.92. The molecule has 0 aliphatic heterocycles. The fourth-order valence-corrected chi connectivity index (χ4v) is 4.70. The highest BCUT2D eigenvalue weighted by atomic mass is 31.2. The molecule has 3 rings (SSSR count). The van der Waals surface area contributed by atoms with Gasteiger partial charge in [-0.05, 0) is 35.9 Å². The Morgan fingerprint density at radius 2 is 1.28 bits per heavy atom. The van der Waals surface area contributed by atoms with E-state index >= 15 is 0 Å². The first-order valence-corrected chi connectivity index (χ1v) is 14.8. The molecule has 11 nitrogen and oxygen atoms in total. The average Bonchev–Trinajstić information content (AvgIpc) is 3.06. The van der Waals surface area contributed by atoms with Crippen molar-refractivity contribution in [1.82, 2.24) is 10.6 Å². The summed E-state index contributed by atoms with van der Waals surface area (Å²) in [5.41, 5.74) is 0.843. The van der Waals surface area contributed by atoms with Gasteiger partial charge in [0.2, 0.25) is 5.78 Å². The second-order valence-electron chi connectivity index (χ2n) is 8.82. The average molecular weight is 685 g/mol. The molecule has 0 aromatic heterocycles. The quantitative estimate of drug-likeness (QED) is 0.0670. The summed E-state index contributed by atoms with van der Waals surface area (Å²) in [5.74, 6) is -5.94. The van der Waals surface area contributed by atoms with Gasteiger partial charge in [-0.25, -0.2) is 27.2 Å². The number of carbonyl (C=O) groups excluding carboxylic acids is 4. The smallest absolute Gasteiger partial charge is 0.358 e. The molecule has 16 heteroatoms. The van der Waals surface area contributed by atoms with Crippen molar-refractivity contribution in [3.8, 4) is 0 Å². The van der Waals surface area contributed by atoms with Gasteiger partial charge >= 0.3 is 19.5 Å². The first-order chi connectivity index (χ1) is 22.3. The van der Waals surface area contributed by atoms with Crippen LogP contribution >= 0.6 is 7.60 Å². The summed E-state index contributed by atoms with van der Waals surface area (Å²) in [6.07, 6.45) is 1.70. The monoisotopic (exact) mass is 684 g/mol. The largest absolute Gasteiger partial charge is 0.467 e. The van der Waals surface area contributed by atoms with E-state index in [1.165, 1.54) is 20.2 Å². The summed E-state index contributed by atoms with van der Waals surface area (Å²) in [6.45, 7) is -0.208. The molecular weight excluding hydrogens is 651 g/mol. The molecule has 3 aromatic carbocycles. The highest BCUT2D eigenvalue weighted by Crippen LogP contribution is 2.50. The van der Waals surface area contributed by atoms with Crippen LogP contribution in [0.5, 0.6) is 0 Å². The third-order valence-corrected chi connectivity index (χ3v) is 7.74. The van der Waals surface area contributed by atoms with Crippen LogP contribution in [0.25, 0.3) is 6.08 Å². The summed E-state index contributed by atoms with van der Waals surface area (Å²) in [5, 5.41) is 5.16. The number of aldehydes is 1. The lowest BCUT2D eigenvalue weighted by Crippen LogP contribution is -2.41. The van der Waals surface area contributed by atoms with Gasteiger partial charge in [0.15, 0.2) is 5.78 Å². The Morgan fingerprint density at radius 3 is 1.68 bits per heavy atom. The number of ether oxygens (including phenoxy) is 2. The number of benzene rings is 3. The lowest BCUT2D eigenvalue weighted by molar-refractivity contribution is -0.141. The minimum absolute atomic E-state index is 0.0116. The summed E-state index contributed by atoms with van der Waals surface area (Å²) in [7, 11) is 2.44. The van der Waals surface area contributed by atoms with Gasteiger partial charge in [0.05, 0.1) is 20.8 Å². The van der Waals surface area contributed by atoms with Crippen molar-refractivity contribution in [3.05, 3.63) is 112 Å². The maximum Gasteiger partial charge on any atom is 0.358 e. The zero-order valence-corrected chi connectivity index (χ0v) is 26.8. The number of esters is 2. The molecule has 0 aliphatic rings. The van der Waals surface area contributed by atoms with Crippen molar-refractivity contribution < 1.29 is 59.8 Å². The molecule has 3 aromatic rings. The molecular formula is C31H33F4N2O9P. The second-order valence-corrected chi connectivity index (χ2v) is 11.2. The minimum Gasteiger partial charge on any atom is -0.467 e. The second kappa shape index (κ2) is 20.4. The third kappa shape index (κ3) is 13.7. The van der Waals surface area contributed by atoms with Crippen LogP contribution in [-0.4, -0.2) is 71.8 Å². The van der Waals surface area contributed by atoms with E-state index in [4.69, 9.17) is 9.05 Å². The topological polar surface area (TPSA) is 146 Å². The third-order valence-electron chi connectivity index (χ3n) is 5.69. The van der Waals surface area contributed by atoms with E-state index in [0.29, 0.717) is 17.9 Å². The van der Waals surface area contributed by atoms with Gasteiger partial charge < -0.3 is 23.8 Å². The molecule has 0 spiro atoms. The highest BCUT2D eigenvalue weighted by Gasteiger charge is 2.41.